The number of β-amino-alcohol motifs (C(OH)–C–C–N with tert-alkyl or cyclic N) is 1. The van der Waals surface area contributed by atoms with Gasteiger partial charge in [0.1, 0.15) is 11.8 Å². The summed E-state index contributed by atoms with van der Waals surface area (Å²) in [5.74, 6) is 1.88. The molecule has 1 aromatic carbocycles. The molecule has 0 saturated carbocycles. The number of rotatable bonds is 6. The van der Waals surface area contributed by atoms with E-state index in [0.717, 1.165) is 0 Å². The van der Waals surface area contributed by atoms with Gasteiger partial charge in [0.15, 0.2) is 0 Å². The van der Waals surface area contributed by atoms with Crippen molar-refractivity contribution in [2.45, 2.75) is 78.2 Å². The Morgan fingerprint density at radius 1 is 1.26 bits per heavy atom. The van der Waals surface area contributed by atoms with E-state index in [0.29, 0.717) is 11.1 Å². The zero-order chi connectivity index (χ0) is 23.5. The molecule has 7 nitrogen and oxygen atoms in total. The maximum atomic E-state index is 13.4. The van der Waals surface area contributed by atoms with Crippen molar-refractivity contribution in [1.29, 1.82) is 0 Å². The van der Waals surface area contributed by atoms with E-state index in [1.54, 1.807) is 19.1 Å². The van der Waals surface area contributed by atoms with E-state index >= 15 is 0 Å². The van der Waals surface area contributed by atoms with Gasteiger partial charge in [-0.2, -0.15) is 0 Å². The van der Waals surface area contributed by atoms with Gasteiger partial charge in [-0.05, 0) is 24.5 Å². The summed E-state index contributed by atoms with van der Waals surface area (Å²) < 4.78 is 0. The molecule has 7 heteroatoms. The van der Waals surface area contributed by atoms with Crippen LogP contribution in [0.2, 0.25) is 0 Å². The number of carbonyl (C=O) groups excluding carboxylic acids is 2. The minimum atomic E-state index is -0.782. The fourth-order valence-corrected chi connectivity index (χ4v) is 3.88. The van der Waals surface area contributed by atoms with E-state index in [-0.39, 0.29) is 42.0 Å². The SMILES string of the molecule is C#Cc1ccc([C@H](C)NC(=O)[C@@H]2C[C@@H](O)CN2C(=O)[C@@H](NC(C)C)C(C)(C)C)c(O)c1. The fourth-order valence-electron chi connectivity index (χ4n) is 3.88. The maximum absolute atomic E-state index is 13.4. The number of aromatic hydroxyl groups is 1. The van der Waals surface area contributed by atoms with Gasteiger partial charge in [-0.25, -0.2) is 0 Å². The minimum Gasteiger partial charge on any atom is -0.508 e. The molecule has 0 aromatic heterocycles. The molecule has 1 aromatic rings. The lowest BCUT2D eigenvalue weighted by molar-refractivity contribution is -0.142. The average Bonchev–Trinajstić information content (AvgIpc) is 3.06. The van der Waals surface area contributed by atoms with E-state index in [4.69, 9.17) is 6.42 Å². The molecule has 0 radical (unpaired) electrons. The van der Waals surface area contributed by atoms with Crippen molar-refractivity contribution in [3.63, 3.8) is 0 Å². The molecule has 1 aliphatic rings. The molecule has 0 bridgehead atoms. The Labute approximate surface area is 185 Å². The standard InChI is InChI=1S/C24H35N3O4/c1-8-16-9-10-18(20(29)11-16)15(4)26-22(30)19-12-17(28)13-27(19)23(31)21(24(5,6)7)25-14(2)3/h1,9-11,14-15,17,19,21,25,28-29H,12-13H2,2-7H3,(H,26,30)/t15-,17+,19-,21+/m0/s1. The van der Waals surface area contributed by atoms with Gasteiger partial charge in [-0.15, -0.1) is 6.42 Å². The zero-order valence-corrected chi connectivity index (χ0v) is 19.3. The van der Waals surface area contributed by atoms with Crippen LogP contribution in [-0.2, 0) is 9.59 Å². The lowest BCUT2D eigenvalue weighted by Gasteiger charge is -2.36. The Morgan fingerprint density at radius 3 is 2.42 bits per heavy atom. The van der Waals surface area contributed by atoms with Crippen molar-refractivity contribution in [2.75, 3.05) is 6.54 Å². The summed E-state index contributed by atoms with van der Waals surface area (Å²) in [6.45, 7) is 11.7. The van der Waals surface area contributed by atoms with Gasteiger partial charge in [0, 0.05) is 30.1 Å². The number of phenols is 1. The van der Waals surface area contributed by atoms with Gasteiger partial charge < -0.3 is 25.7 Å². The van der Waals surface area contributed by atoms with Crippen LogP contribution < -0.4 is 10.6 Å². The van der Waals surface area contributed by atoms with Gasteiger partial charge in [0.2, 0.25) is 11.8 Å². The third kappa shape index (κ3) is 5.99. The van der Waals surface area contributed by atoms with E-state index in [1.165, 1.54) is 11.0 Å². The highest BCUT2D eigenvalue weighted by atomic mass is 16.3. The highest BCUT2D eigenvalue weighted by Crippen LogP contribution is 2.28. The summed E-state index contributed by atoms with van der Waals surface area (Å²) in [7, 11) is 0. The number of terminal acetylenes is 1. The van der Waals surface area contributed by atoms with Crippen molar-refractivity contribution in [2.24, 2.45) is 5.41 Å². The summed E-state index contributed by atoms with van der Waals surface area (Å²) in [5, 5.41) is 26.6. The predicted octanol–water partition coefficient (Wildman–Crippen LogP) is 1.93. The molecule has 2 amide bonds. The molecule has 31 heavy (non-hydrogen) atoms. The molecule has 1 saturated heterocycles. The fraction of sp³-hybridized carbons (Fsp3) is 0.583. The second-order valence-corrected chi connectivity index (χ2v) is 9.66. The molecule has 170 valence electrons. The van der Waals surface area contributed by atoms with Crippen LogP contribution in [0.5, 0.6) is 5.75 Å². The van der Waals surface area contributed by atoms with E-state index in [9.17, 15) is 19.8 Å². The van der Waals surface area contributed by atoms with Crippen LogP contribution in [0.1, 0.15) is 65.1 Å². The Morgan fingerprint density at radius 2 is 1.90 bits per heavy atom. The van der Waals surface area contributed by atoms with Crippen LogP contribution >= 0.6 is 0 Å². The van der Waals surface area contributed by atoms with Crippen LogP contribution in [0.4, 0.5) is 0 Å². The number of hydrogen-bond donors (Lipinski definition) is 4. The summed E-state index contributed by atoms with van der Waals surface area (Å²) in [6, 6.07) is 3.14. The molecule has 1 heterocycles. The summed E-state index contributed by atoms with van der Waals surface area (Å²) in [6.07, 6.45) is 4.76. The lowest BCUT2D eigenvalue weighted by Crippen LogP contribution is -2.57. The molecule has 1 aliphatic heterocycles. The van der Waals surface area contributed by atoms with Crippen molar-refractivity contribution in [3.05, 3.63) is 29.3 Å². The maximum Gasteiger partial charge on any atom is 0.243 e. The third-order valence-corrected chi connectivity index (χ3v) is 5.50. The number of aliphatic hydroxyl groups is 1. The smallest absolute Gasteiger partial charge is 0.243 e. The molecule has 2 rings (SSSR count). The Kier molecular flexibility index (Phi) is 7.74. The lowest BCUT2D eigenvalue weighted by atomic mass is 9.85. The monoisotopic (exact) mass is 429 g/mol. The molecule has 0 aliphatic carbocycles. The number of hydrogen-bond acceptors (Lipinski definition) is 5. The Bertz CT molecular complexity index is 853. The van der Waals surface area contributed by atoms with E-state index < -0.39 is 24.2 Å². The topological polar surface area (TPSA) is 102 Å². The number of aliphatic hydroxyl groups excluding tert-OH is 1. The number of benzene rings is 1. The van der Waals surface area contributed by atoms with Crippen LogP contribution in [0.15, 0.2) is 18.2 Å². The second-order valence-electron chi connectivity index (χ2n) is 9.66. The first-order chi connectivity index (χ1) is 14.3. The van der Waals surface area contributed by atoms with Crippen LogP contribution in [0, 0.1) is 17.8 Å². The second kappa shape index (κ2) is 9.71. The van der Waals surface area contributed by atoms with Crippen molar-refractivity contribution >= 4 is 11.8 Å². The summed E-state index contributed by atoms with van der Waals surface area (Å²) in [4.78, 5) is 27.9. The van der Waals surface area contributed by atoms with Gasteiger partial charge >= 0.3 is 0 Å². The average molecular weight is 430 g/mol. The molecule has 4 N–H and O–H groups in total. The number of nitrogens with one attached hydrogen (secondary N) is 2. The molecule has 0 unspecified atom stereocenters. The quantitative estimate of drug-likeness (QED) is 0.518. The van der Waals surface area contributed by atoms with Crippen molar-refractivity contribution < 1.29 is 19.8 Å². The molecular weight excluding hydrogens is 394 g/mol. The van der Waals surface area contributed by atoms with E-state index in [2.05, 4.69) is 16.6 Å². The van der Waals surface area contributed by atoms with Crippen molar-refractivity contribution in [1.82, 2.24) is 15.5 Å². The van der Waals surface area contributed by atoms with Crippen LogP contribution in [-0.4, -0.2) is 57.7 Å². The molecule has 1 fully saturated rings. The molecule has 0 spiro atoms. The minimum absolute atomic E-state index is 0.00318. The van der Waals surface area contributed by atoms with E-state index in [1.807, 2.05) is 34.6 Å². The first-order valence-electron chi connectivity index (χ1n) is 10.7. The Balaban J connectivity index is 2.20. The predicted molar refractivity (Wildman–Crippen MR) is 120 cm³/mol. The summed E-state index contributed by atoms with van der Waals surface area (Å²) in [5.41, 5.74) is 0.701. The van der Waals surface area contributed by atoms with Crippen LogP contribution in [0.3, 0.4) is 0 Å². The first-order valence-corrected chi connectivity index (χ1v) is 10.7. The largest absolute Gasteiger partial charge is 0.508 e. The van der Waals surface area contributed by atoms with Gasteiger partial charge in [0.25, 0.3) is 0 Å². The molecular formula is C24H35N3O4. The number of nitrogens with zero attached hydrogens (tertiary/aromatic N) is 1. The normalized spacial score (nSPS) is 20.9. The number of amides is 2. The van der Waals surface area contributed by atoms with Gasteiger partial charge in [-0.3, -0.25) is 9.59 Å². The number of likely N-dealkylation sites (tertiary alicyclic amines) is 1. The summed E-state index contributed by atoms with van der Waals surface area (Å²) >= 11 is 0. The van der Waals surface area contributed by atoms with Gasteiger partial charge in [0.05, 0.1) is 18.2 Å². The first kappa shape index (κ1) is 24.7. The van der Waals surface area contributed by atoms with Crippen LogP contribution in [0.25, 0.3) is 0 Å². The Hall–Kier alpha value is -2.56. The highest BCUT2D eigenvalue weighted by Gasteiger charge is 2.44. The number of phenolic OH excluding ortho intramolecular Hbond substituents is 1. The van der Waals surface area contributed by atoms with Crippen molar-refractivity contribution in [3.8, 4) is 18.1 Å². The third-order valence-electron chi connectivity index (χ3n) is 5.50. The molecule has 4 atom stereocenters. The number of carbonyl (C=O) groups is 2. The van der Waals surface area contributed by atoms with Gasteiger partial charge in [-0.1, -0.05) is 46.6 Å². The highest BCUT2D eigenvalue weighted by molar-refractivity contribution is 5.91. The zero-order valence-electron chi connectivity index (χ0n) is 19.3.